The normalized spacial score (nSPS) is 35.5. The van der Waals surface area contributed by atoms with Crippen molar-refractivity contribution in [1.82, 2.24) is 4.90 Å². The van der Waals surface area contributed by atoms with E-state index in [1.54, 1.807) is 0 Å². The molecule has 0 radical (unpaired) electrons. The van der Waals surface area contributed by atoms with Gasteiger partial charge in [0.15, 0.2) is 0 Å². The lowest BCUT2D eigenvalue weighted by Crippen LogP contribution is -2.50. The van der Waals surface area contributed by atoms with Gasteiger partial charge >= 0.3 is 0 Å². The minimum Gasteiger partial charge on any atom is -0.329 e. The highest BCUT2D eigenvalue weighted by atomic mass is 15.2. The van der Waals surface area contributed by atoms with E-state index in [-0.39, 0.29) is 5.54 Å². The van der Waals surface area contributed by atoms with Crippen LogP contribution in [0.5, 0.6) is 0 Å². The van der Waals surface area contributed by atoms with Gasteiger partial charge in [0, 0.05) is 12.1 Å². The number of likely N-dealkylation sites (N-methyl/N-ethyl adjacent to an activating group) is 1. The van der Waals surface area contributed by atoms with Crippen molar-refractivity contribution < 1.29 is 0 Å². The largest absolute Gasteiger partial charge is 0.329 e. The van der Waals surface area contributed by atoms with Gasteiger partial charge in [-0.2, -0.15) is 0 Å². The molecule has 2 N–H and O–H groups in total. The van der Waals surface area contributed by atoms with E-state index in [1.165, 1.54) is 6.42 Å². The fraction of sp³-hybridized carbons (Fsp3) is 1.00. The van der Waals surface area contributed by atoms with Crippen LogP contribution >= 0.6 is 0 Å². The van der Waals surface area contributed by atoms with Crippen molar-refractivity contribution in [2.45, 2.75) is 25.8 Å². The molecule has 2 heteroatoms. The highest BCUT2D eigenvalue weighted by molar-refractivity contribution is 5.02. The molecule has 0 aromatic heterocycles. The summed E-state index contributed by atoms with van der Waals surface area (Å²) in [6.07, 6.45) is 1.35. The third-order valence-corrected chi connectivity index (χ3v) is 3.34. The van der Waals surface area contributed by atoms with Crippen LogP contribution in [-0.2, 0) is 0 Å². The van der Waals surface area contributed by atoms with Crippen LogP contribution in [0.3, 0.4) is 0 Å². The molecule has 0 spiro atoms. The Balaban J connectivity index is 2.60. The summed E-state index contributed by atoms with van der Waals surface area (Å²) in [6, 6.07) is 0. The van der Waals surface area contributed by atoms with Crippen molar-refractivity contribution in [2.75, 3.05) is 20.6 Å². The zero-order valence-electron chi connectivity index (χ0n) is 8.09. The van der Waals surface area contributed by atoms with Crippen LogP contribution in [0.15, 0.2) is 0 Å². The lowest BCUT2D eigenvalue weighted by molar-refractivity contribution is 0.147. The molecule has 1 saturated carbocycles. The van der Waals surface area contributed by atoms with Crippen LogP contribution < -0.4 is 5.73 Å². The zero-order chi connectivity index (χ0) is 8.65. The number of hydrogen-bond donors (Lipinski definition) is 1. The maximum Gasteiger partial charge on any atom is 0.0328 e. The molecule has 1 rings (SSSR count). The van der Waals surface area contributed by atoms with Crippen LogP contribution in [0.2, 0.25) is 0 Å². The molecule has 0 heterocycles. The molecule has 2 nitrogen and oxygen atoms in total. The maximum absolute atomic E-state index is 5.77. The monoisotopic (exact) mass is 156 g/mol. The fourth-order valence-electron chi connectivity index (χ4n) is 1.85. The Morgan fingerprint density at radius 2 is 2.00 bits per heavy atom. The molecule has 1 fully saturated rings. The highest BCUT2D eigenvalue weighted by Crippen LogP contribution is 2.47. The topological polar surface area (TPSA) is 29.3 Å². The summed E-state index contributed by atoms with van der Waals surface area (Å²) in [5.41, 5.74) is 6.00. The van der Waals surface area contributed by atoms with Crippen molar-refractivity contribution in [3.8, 4) is 0 Å². The third kappa shape index (κ3) is 1.42. The maximum atomic E-state index is 5.77. The Labute approximate surface area is 69.8 Å². The predicted octanol–water partition coefficient (Wildman–Crippen LogP) is 0.921. The molecule has 3 atom stereocenters. The van der Waals surface area contributed by atoms with Gasteiger partial charge in [-0.1, -0.05) is 6.92 Å². The minimum absolute atomic E-state index is 0.236. The molecular formula is C9H20N2. The Kier molecular flexibility index (Phi) is 2.26. The molecule has 0 saturated heterocycles. The first-order chi connectivity index (χ1) is 5.02. The van der Waals surface area contributed by atoms with Crippen molar-refractivity contribution in [3.05, 3.63) is 0 Å². The van der Waals surface area contributed by atoms with Crippen LogP contribution in [-0.4, -0.2) is 31.1 Å². The second-order valence-corrected chi connectivity index (χ2v) is 4.28. The Hall–Kier alpha value is -0.0800. The second kappa shape index (κ2) is 2.76. The summed E-state index contributed by atoms with van der Waals surface area (Å²) in [7, 11) is 4.25. The Morgan fingerprint density at radius 1 is 1.55 bits per heavy atom. The molecule has 0 aromatic rings. The lowest BCUT2D eigenvalue weighted by Gasteiger charge is -2.36. The van der Waals surface area contributed by atoms with Gasteiger partial charge in [0.25, 0.3) is 0 Å². The highest BCUT2D eigenvalue weighted by Gasteiger charge is 2.47. The summed E-state index contributed by atoms with van der Waals surface area (Å²) in [6.45, 7) is 5.35. The first kappa shape index (κ1) is 9.01. The molecule has 0 bridgehead atoms. The molecule has 11 heavy (non-hydrogen) atoms. The molecule has 1 aliphatic rings. The first-order valence-electron chi connectivity index (χ1n) is 4.40. The van der Waals surface area contributed by atoms with E-state index >= 15 is 0 Å². The van der Waals surface area contributed by atoms with E-state index in [4.69, 9.17) is 5.73 Å². The number of rotatable bonds is 3. The lowest BCUT2D eigenvalue weighted by atomic mass is 9.93. The van der Waals surface area contributed by atoms with E-state index in [2.05, 4.69) is 32.8 Å². The van der Waals surface area contributed by atoms with Gasteiger partial charge < -0.3 is 10.6 Å². The SMILES string of the molecule is CC1CC1C(C)(CN)N(C)C. The molecule has 0 aromatic carbocycles. The predicted molar refractivity (Wildman–Crippen MR) is 48.4 cm³/mol. The molecule has 66 valence electrons. The average Bonchev–Trinajstić information content (AvgIpc) is 2.65. The molecule has 1 aliphatic carbocycles. The smallest absolute Gasteiger partial charge is 0.0328 e. The summed E-state index contributed by atoms with van der Waals surface area (Å²) < 4.78 is 0. The van der Waals surface area contributed by atoms with Gasteiger partial charge in [0.2, 0.25) is 0 Å². The Bertz CT molecular complexity index is 144. The van der Waals surface area contributed by atoms with Gasteiger partial charge in [-0.3, -0.25) is 0 Å². The Morgan fingerprint density at radius 3 is 2.09 bits per heavy atom. The van der Waals surface area contributed by atoms with Crippen LogP contribution in [0.25, 0.3) is 0 Å². The average molecular weight is 156 g/mol. The van der Waals surface area contributed by atoms with E-state index in [9.17, 15) is 0 Å². The third-order valence-electron chi connectivity index (χ3n) is 3.34. The van der Waals surface area contributed by atoms with Crippen molar-refractivity contribution in [2.24, 2.45) is 17.6 Å². The van der Waals surface area contributed by atoms with Crippen LogP contribution in [0.1, 0.15) is 20.3 Å². The standard InChI is InChI=1S/C9H20N2/c1-7-5-8(7)9(2,6-10)11(3)4/h7-8H,5-6,10H2,1-4H3. The number of nitrogens with two attached hydrogens (primary N) is 1. The molecule has 3 unspecified atom stereocenters. The quantitative estimate of drug-likeness (QED) is 0.658. The minimum atomic E-state index is 0.236. The number of hydrogen-bond acceptors (Lipinski definition) is 2. The molecular weight excluding hydrogens is 136 g/mol. The van der Waals surface area contributed by atoms with Gasteiger partial charge in [0.05, 0.1) is 0 Å². The summed E-state index contributed by atoms with van der Waals surface area (Å²) >= 11 is 0. The van der Waals surface area contributed by atoms with Gasteiger partial charge in [0.1, 0.15) is 0 Å². The van der Waals surface area contributed by atoms with Crippen LogP contribution in [0.4, 0.5) is 0 Å². The van der Waals surface area contributed by atoms with Gasteiger partial charge in [-0.05, 0) is 39.3 Å². The van der Waals surface area contributed by atoms with Gasteiger partial charge in [-0.25, -0.2) is 0 Å². The van der Waals surface area contributed by atoms with Gasteiger partial charge in [-0.15, -0.1) is 0 Å². The van der Waals surface area contributed by atoms with E-state index in [0.29, 0.717) is 0 Å². The van der Waals surface area contributed by atoms with Crippen LogP contribution in [0, 0.1) is 11.8 Å². The summed E-state index contributed by atoms with van der Waals surface area (Å²) in [5.74, 6) is 1.70. The number of nitrogens with zero attached hydrogens (tertiary/aromatic N) is 1. The fourth-order valence-corrected chi connectivity index (χ4v) is 1.85. The van der Waals surface area contributed by atoms with Crippen molar-refractivity contribution >= 4 is 0 Å². The van der Waals surface area contributed by atoms with E-state index < -0.39 is 0 Å². The van der Waals surface area contributed by atoms with Crippen molar-refractivity contribution in [1.29, 1.82) is 0 Å². The van der Waals surface area contributed by atoms with E-state index in [1.807, 2.05) is 0 Å². The molecule has 0 amide bonds. The summed E-state index contributed by atoms with van der Waals surface area (Å²) in [4.78, 5) is 2.27. The van der Waals surface area contributed by atoms with Crippen molar-refractivity contribution in [3.63, 3.8) is 0 Å². The first-order valence-corrected chi connectivity index (χ1v) is 4.40. The van der Waals surface area contributed by atoms with E-state index in [0.717, 1.165) is 18.4 Å². The molecule has 0 aliphatic heterocycles. The summed E-state index contributed by atoms with van der Waals surface area (Å²) in [5, 5.41) is 0. The second-order valence-electron chi connectivity index (χ2n) is 4.28. The zero-order valence-corrected chi connectivity index (χ0v) is 8.09.